The van der Waals surface area contributed by atoms with Crippen molar-refractivity contribution in [2.75, 3.05) is 10.6 Å². The number of carbonyl (C=O) groups excluding carboxylic acids is 2. The first kappa shape index (κ1) is 24.0. The molecule has 2 aromatic rings. The van der Waals surface area contributed by atoms with Crippen LogP contribution >= 0.6 is 47.0 Å². The second-order valence-corrected chi connectivity index (χ2v) is 8.81. The number of anilines is 2. The van der Waals surface area contributed by atoms with Gasteiger partial charge in [-0.25, -0.2) is 4.79 Å². The standard InChI is InChI=1S/C19H19Cl3N4O3S/c1-12(27)23-14-7-9-15(10-8-14)24-17(30)25-16(19(20,21)22)26-18(28)29-11-13-5-3-2-4-6-13/h2-10,16H,11H2,1H3,(H,23,27)(H,26,28)(H2,24,25,30)/t16-/m1/s1. The summed E-state index contributed by atoms with van der Waals surface area (Å²) in [5, 5.41) is 10.8. The summed E-state index contributed by atoms with van der Waals surface area (Å²) >= 11 is 23.1. The zero-order chi connectivity index (χ0) is 22.1. The van der Waals surface area contributed by atoms with Crippen molar-refractivity contribution in [1.29, 1.82) is 0 Å². The van der Waals surface area contributed by atoms with Gasteiger partial charge in [0.05, 0.1) is 0 Å². The van der Waals surface area contributed by atoms with Crippen LogP contribution in [-0.4, -0.2) is 27.1 Å². The van der Waals surface area contributed by atoms with E-state index in [1.807, 2.05) is 30.3 Å². The maximum absolute atomic E-state index is 12.1. The summed E-state index contributed by atoms with van der Waals surface area (Å²) in [5.74, 6) is -0.177. The molecule has 0 aliphatic carbocycles. The number of halogens is 3. The zero-order valence-electron chi connectivity index (χ0n) is 15.7. The van der Waals surface area contributed by atoms with Gasteiger partial charge in [-0.3, -0.25) is 10.1 Å². The molecule has 2 rings (SSSR count). The van der Waals surface area contributed by atoms with Gasteiger partial charge in [-0.05, 0) is 42.0 Å². The lowest BCUT2D eigenvalue weighted by molar-refractivity contribution is -0.114. The number of benzene rings is 2. The maximum Gasteiger partial charge on any atom is 0.409 e. The molecule has 4 N–H and O–H groups in total. The van der Waals surface area contributed by atoms with Crippen molar-refractivity contribution in [2.24, 2.45) is 0 Å². The molecule has 0 saturated heterocycles. The van der Waals surface area contributed by atoms with Gasteiger partial charge in [-0.1, -0.05) is 65.1 Å². The SMILES string of the molecule is CC(=O)Nc1ccc(NC(=S)N[C@H](NC(=O)OCc2ccccc2)C(Cl)(Cl)Cl)cc1. The third-order valence-corrected chi connectivity index (χ3v) is 4.42. The Bertz CT molecular complexity index is 877. The fourth-order valence-corrected chi connectivity index (χ4v) is 2.78. The molecule has 0 saturated carbocycles. The molecule has 0 radical (unpaired) electrons. The molecule has 0 aliphatic heterocycles. The van der Waals surface area contributed by atoms with Crippen molar-refractivity contribution in [3.63, 3.8) is 0 Å². The van der Waals surface area contributed by atoms with Crippen molar-refractivity contribution in [1.82, 2.24) is 10.6 Å². The van der Waals surface area contributed by atoms with Crippen LogP contribution in [0.25, 0.3) is 0 Å². The Hall–Kier alpha value is -2.26. The molecule has 0 spiro atoms. The molecule has 0 aliphatic rings. The third kappa shape index (κ3) is 8.62. The number of hydrogen-bond donors (Lipinski definition) is 4. The molecule has 0 bridgehead atoms. The van der Waals surface area contributed by atoms with E-state index in [1.54, 1.807) is 24.3 Å². The van der Waals surface area contributed by atoms with Gasteiger partial charge in [-0.15, -0.1) is 0 Å². The molecule has 2 aromatic carbocycles. The third-order valence-electron chi connectivity index (χ3n) is 3.54. The Labute approximate surface area is 194 Å². The molecule has 11 heteroatoms. The number of carbonyl (C=O) groups is 2. The predicted molar refractivity (Wildman–Crippen MR) is 124 cm³/mol. The first-order valence-electron chi connectivity index (χ1n) is 8.62. The number of nitrogens with one attached hydrogen (secondary N) is 4. The van der Waals surface area contributed by atoms with Crippen LogP contribution in [0.4, 0.5) is 16.2 Å². The van der Waals surface area contributed by atoms with Gasteiger partial charge in [0.25, 0.3) is 0 Å². The van der Waals surface area contributed by atoms with Gasteiger partial charge in [-0.2, -0.15) is 0 Å². The smallest absolute Gasteiger partial charge is 0.409 e. The van der Waals surface area contributed by atoms with Gasteiger partial charge in [0.2, 0.25) is 9.70 Å². The van der Waals surface area contributed by atoms with Crippen molar-refractivity contribution < 1.29 is 14.3 Å². The highest BCUT2D eigenvalue weighted by atomic mass is 35.6. The summed E-state index contributed by atoms with van der Waals surface area (Å²) in [6, 6.07) is 15.9. The topological polar surface area (TPSA) is 91.5 Å². The highest BCUT2D eigenvalue weighted by molar-refractivity contribution is 7.80. The van der Waals surface area contributed by atoms with Gasteiger partial charge >= 0.3 is 6.09 Å². The Kier molecular flexibility index (Phi) is 8.98. The number of amides is 2. The Balaban J connectivity index is 1.91. The second kappa shape index (κ2) is 11.2. The minimum absolute atomic E-state index is 0.0581. The predicted octanol–water partition coefficient (Wildman–Crippen LogP) is 4.55. The number of alkyl carbamates (subject to hydrolysis) is 1. The van der Waals surface area contributed by atoms with Crippen molar-refractivity contribution >= 4 is 75.5 Å². The summed E-state index contributed by atoms with van der Waals surface area (Å²) in [6.45, 7) is 1.47. The highest BCUT2D eigenvalue weighted by Crippen LogP contribution is 2.29. The van der Waals surface area contributed by atoms with E-state index in [0.717, 1.165) is 5.56 Å². The molecule has 30 heavy (non-hydrogen) atoms. The van der Waals surface area contributed by atoms with Gasteiger partial charge in [0, 0.05) is 18.3 Å². The Morgan fingerprint density at radius 2 is 1.53 bits per heavy atom. The summed E-state index contributed by atoms with van der Waals surface area (Å²) in [7, 11) is 0. The minimum Gasteiger partial charge on any atom is -0.445 e. The number of thiocarbonyl (C=S) groups is 1. The van der Waals surface area contributed by atoms with E-state index >= 15 is 0 Å². The molecule has 0 heterocycles. The number of alkyl halides is 3. The average Bonchev–Trinajstić information content (AvgIpc) is 2.67. The number of rotatable bonds is 6. The minimum atomic E-state index is -1.91. The molecular weight excluding hydrogens is 471 g/mol. The van der Waals surface area contributed by atoms with Crippen LogP contribution in [0.1, 0.15) is 12.5 Å². The molecule has 0 aromatic heterocycles. The largest absolute Gasteiger partial charge is 0.445 e. The van der Waals surface area contributed by atoms with Crippen molar-refractivity contribution in [3.8, 4) is 0 Å². The van der Waals surface area contributed by atoms with E-state index in [0.29, 0.717) is 11.4 Å². The monoisotopic (exact) mass is 488 g/mol. The van der Waals surface area contributed by atoms with Crippen molar-refractivity contribution in [3.05, 3.63) is 60.2 Å². The van der Waals surface area contributed by atoms with E-state index in [9.17, 15) is 9.59 Å². The Morgan fingerprint density at radius 3 is 2.07 bits per heavy atom. The first-order valence-corrected chi connectivity index (χ1v) is 10.2. The first-order chi connectivity index (χ1) is 14.1. The molecule has 0 unspecified atom stereocenters. The van der Waals surface area contributed by atoms with E-state index in [-0.39, 0.29) is 17.6 Å². The van der Waals surface area contributed by atoms with E-state index in [1.165, 1.54) is 6.92 Å². The number of hydrogen-bond acceptors (Lipinski definition) is 4. The van der Waals surface area contributed by atoms with Crippen LogP contribution in [0.15, 0.2) is 54.6 Å². The lowest BCUT2D eigenvalue weighted by Gasteiger charge is -2.27. The summed E-state index contributed by atoms with van der Waals surface area (Å²) in [5.41, 5.74) is 2.07. The normalized spacial score (nSPS) is 11.7. The van der Waals surface area contributed by atoms with E-state index in [4.69, 9.17) is 51.8 Å². The van der Waals surface area contributed by atoms with Crippen LogP contribution in [0, 0.1) is 0 Å². The second-order valence-electron chi connectivity index (χ2n) is 6.04. The van der Waals surface area contributed by atoms with Crippen LogP contribution in [0.3, 0.4) is 0 Å². The van der Waals surface area contributed by atoms with Crippen LogP contribution < -0.4 is 21.3 Å². The molecule has 2 amide bonds. The molecular formula is C19H19Cl3N4O3S. The quantitative estimate of drug-likeness (QED) is 0.270. The zero-order valence-corrected chi connectivity index (χ0v) is 18.8. The van der Waals surface area contributed by atoms with Gasteiger partial charge in [0.15, 0.2) is 11.3 Å². The molecule has 7 nitrogen and oxygen atoms in total. The van der Waals surface area contributed by atoms with Crippen LogP contribution in [0.5, 0.6) is 0 Å². The fraction of sp³-hybridized carbons (Fsp3) is 0.211. The maximum atomic E-state index is 12.1. The average molecular weight is 490 g/mol. The molecule has 1 atom stereocenters. The number of ether oxygens (including phenoxy) is 1. The summed E-state index contributed by atoms with van der Waals surface area (Å²) in [6.07, 6.45) is -1.95. The van der Waals surface area contributed by atoms with Crippen LogP contribution in [-0.2, 0) is 16.1 Å². The van der Waals surface area contributed by atoms with Crippen LogP contribution in [0.2, 0.25) is 0 Å². The van der Waals surface area contributed by atoms with Gasteiger partial charge < -0.3 is 20.7 Å². The lowest BCUT2D eigenvalue weighted by Crippen LogP contribution is -2.56. The summed E-state index contributed by atoms with van der Waals surface area (Å²) in [4.78, 5) is 23.2. The molecule has 160 valence electrons. The fourth-order valence-electron chi connectivity index (χ4n) is 2.22. The summed E-state index contributed by atoms with van der Waals surface area (Å²) < 4.78 is 3.22. The highest BCUT2D eigenvalue weighted by Gasteiger charge is 2.35. The van der Waals surface area contributed by atoms with Crippen molar-refractivity contribution in [2.45, 2.75) is 23.5 Å². The Morgan fingerprint density at radius 1 is 0.967 bits per heavy atom. The van der Waals surface area contributed by atoms with Gasteiger partial charge in [0.1, 0.15) is 6.61 Å². The molecule has 0 fully saturated rings. The van der Waals surface area contributed by atoms with E-state index < -0.39 is 16.1 Å². The van der Waals surface area contributed by atoms with E-state index in [2.05, 4.69) is 21.3 Å². The lowest BCUT2D eigenvalue weighted by atomic mass is 10.2.